The fourth-order valence-corrected chi connectivity index (χ4v) is 2.77. The van der Waals surface area contributed by atoms with Crippen molar-refractivity contribution in [2.75, 3.05) is 18.0 Å². The number of aromatic nitrogens is 3. The molecule has 1 aliphatic rings. The minimum Gasteiger partial charge on any atom is -0.467 e. The Hall–Kier alpha value is -3.16. The second kappa shape index (κ2) is 6.76. The number of furan rings is 1. The topological polar surface area (TPSA) is 97.3 Å². The Kier molecular flexibility index (Phi) is 4.16. The average molecular weight is 339 g/mol. The number of amides is 1. The Bertz CT molecular complexity index is 853. The normalized spacial score (nSPS) is 14.0. The van der Waals surface area contributed by atoms with Gasteiger partial charge in [-0.15, -0.1) is 0 Å². The first-order chi connectivity index (χ1) is 12.3. The van der Waals surface area contributed by atoms with Gasteiger partial charge in [0.25, 0.3) is 0 Å². The minimum absolute atomic E-state index is 0.0823. The van der Waals surface area contributed by atoms with Crippen molar-refractivity contribution in [3.63, 3.8) is 0 Å². The molecule has 1 N–H and O–H groups in total. The van der Waals surface area contributed by atoms with Gasteiger partial charge in [-0.25, -0.2) is 4.98 Å². The first-order valence-corrected chi connectivity index (χ1v) is 8.15. The Morgan fingerprint density at radius 2 is 2.16 bits per heavy atom. The van der Waals surface area contributed by atoms with Gasteiger partial charge >= 0.3 is 11.8 Å². The van der Waals surface area contributed by atoms with Crippen molar-refractivity contribution in [2.45, 2.75) is 19.4 Å². The van der Waals surface area contributed by atoms with Gasteiger partial charge in [-0.2, -0.15) is 4.98 Å². The number of pyridine rings is 1. The van der Waals surface area contributed by atoms with Crippen LogP contribution in [-0.4, -0.2) is 34.1 Å². The van der Waals surface area contributed by atoms with Gasteiger partial charge in [-0.1, -0.05) is 5.16 Å². The van der Waals surface area contributed by atoms with Crippen LogP contribution in [0.5, 0.6) is 0 Å². The van der Waals surface area contributed by atoms with Gasteiger partial charge in [0.2, 0.25) is 5.82 Å². The smallest absolute Gasteiger partial charge is 0.316 e. The highest BCUT2D eigenvalue weighted by atomic mass is 16.5. The molecule has 8 nitrogen and oxygen atoms in total. The number of hydrogen-bond donors (Lipinski definition) is 1. The van der Waals surface area contributed by atoms with E-state index >= 15 is 0 Å². The number of nitrogens with one attached hydrogen (secondary N) is 1. The molecule has 8 heteroatoms. The molecule has 1 saturated heterocycles. The molecule has 4 rings (SSSR count). The van der Waals surface area contributed by atoms with Crippen molar-refractivity contribution in [1.29, 1.82) is 0 Å². The number of carbonyl (C=O) groups is 1. The summed E-state index contributed by atoms with van der Waals surface area (Å²) in [5, 5.41) is 6.58. The van der Waals surface area contributed by atoms with E-state index in [-0.39, 0.29) is 12.4 Å². The summed E-state index contributed by atoms with van der Waals surface area (Å²) in [4.78, 5) is 22.9. The predicted molar refractivity (Wildman–Crippen MR) is 88.9 cm³/mol. The van der Waals surface area contributed by atoms with E-state index in [9.17, 15) is 4.79 Å². The lowest BCUT2D eigenvalue weighted by Crippen LogP contribution is -2.22. The van der Waals surface area contributed by atoms with Crippen LogP contribution in [0.1, 0.15) is 29.3 Å². The number of anilines is 1. The Morgan fingerprint density at radius 1 is 1.28 bits per heavy atom. The highest BCUT2D eigenvalue weighted by Crippen LogP contribution is 2.23. The number of nitrogens with zero attached hydrogens (tertiary/aromatic N) is 4. The zero-order chi connectivity index (χ0) is 17.1. The summed E-state index contributed by atoms with van der Waals surface area (Å²) in [5.74, 6) is 1.39. The van der Waals surface area contributed by atoms with Crippen molar-refractivity contribution in [3.8, 4) is 11.4 Å². The lowest BCUT2D eigenvalue weighted by molar-refractivity contribution is 0.0904. The molecule has 3 aromatic heterocycles. The molecular formula is C17H17N5O3. The number of carbonyl (C=O) groups excluding carboxylic acids is 1. The van der Waals surface area contributed by atoms with Crippen LogP contribution >= 0.6 is 0 Å². The maximum absolute atomic E-state index is 12.1. The van der Waals surface area contributed by atoms with Crippen molar-refractivity contribution in [1.82, 2.24) is 20.4 Å². The van der Waals surface area contributed by atoms with Gasteiger partial charge in [0.1, 0.15) is 11.6 Å². The van der Waals surface area contributed by atoms with Crippen LogP contribution in [0.25, 0.3) is 11.4 Å². The summed E-state index contributed by atoms with van der Waals surface area (Å²) in [6.45, 7) is 2.27. The van der Waals surface area contributed by atoms with Gasteiger partial charge in [0.05, 0.1) is 12.8 Å². The Morgan fingerprint density at radius 3 is 2.96 bits per heavy atom. The third kappa shape index (κ3) is 3.37. The number of hydrogen-bond acceptors (Lipinski definition) is 7. The zero-order valence-electron chi connectivity index (χ0n) is 13.5. The summed E-state index contributed by atoms with van der Waals surface area (Å²) in [6, 6.07) is 7.25. The standard InChI is InChI=1S/C17H17N5O3/c23-16(19-11-13-4-3-9-24-13)17-20-15(21-25-17)12-5-6-18-14(10-12)22-7-1-2-8-22/h3-6,9-10H,1-2,7-8,11H2,(H,19,23). The average Bonchev–Trinajstić information content (AvgIpc) is 3.42. The predicted octanol–water partition coefficient (Wildman–Crippen LogP) is 2.25. The fraction of sp³-hybridized carbons (Fsp3) is 0.294. The molecule has 0 unspecified atom stereocenters. The molecule has 128 valence electrons. The van der Waals surface area contributed by atoms with Crippen molar-refractivity contribution in [2.24, 2.45) is 0 Å². The molecule has 0 bridgehead atoms. The molecule has 4 heterocycles. The molecule has 0 saturated carbocycles. The molecule has 0 radical (unpaired) electrons. The van der Waals surface area contributed by atoms with Gasteiger partial charge in [0.15, 0.2) is 0 Å². The third-order valence-electron chi connectivity index (χ3n) is 4.06. The van der Waals surface area contributed by atoms with E-state index in [1.807, 2.05) is 6.07 Å². The summed E-state index contributed by atoms with van der Waals surface area (Å²) in [5.41, 5.74) is 0.769. The number of rotatable bonds is 5. The van der Waals surface area contributed by atoms with Crippen LogP contribution in [-0.2, 0) is 6.54 Å². The maximum atomic E-state index is 12.1. The molecule has 1 amide bonds. The minimum atomic E-state index is -0.441. The molecule has 0 atom stereocenters. The molecular weight excluding hydrogens is 322 g/mol. The van der Waals surface area contributed by atoms with E-state index in [0.717, 1.165) is 24.5 Å². The molecule has 25 heavy (non-hydrogen) atoms. The Balaban J connectivity index is 1.47. The summed E-state index contributed by atoms with van der Waals surface area (Å²) in [6.07, 6.45) is 5.62. The maximum Gasteiger partial charge on any atom is 0.316 e. The largest absolute Gasteiger partial charge is 0.467 e. The van der Waals surface area contributed by atoms with Crippen molar-refractivity contribution >= 4 is 11.7 Å². The van der Waals surface area contributed by atoms with E-state index in [1.54, 1.807) is 30.7 Å². The van der Waals surface area contributed by atoms with Crippen LogP contribution in [0.4, 0.5) is 5.82 Å². The van der Waals surface area contributed by atoms with E-state index < -0.39 is 5.91 Å². The van der Waals surface area contributed by atoms with Gasteiger partial charge < -0.3 is 19.2 Å². The van der Waals surface area contributed by atoms with Crippen LogP contribution < -0.4 is 10.2 Å². The molecule has 0 aromatic carbocycles. The van der Waals surface area contributed by atoms with Gasteiger partial charge in [-0.05, 0) is 37.1 Å². The second-order valence-electron chi connectivity index (χ2n) is 5.78. The first-order valence-electron chi connectivity index (χ1n) is 8.15. The third-order valence-corrected chi connectivity index (χ3v) is 4.06. The van der Waals surface area contributed by atoms with Crippen LogP contribution in [0.15, 0.2) is 45.7 Å². The molecule has 0 aliphatic carbocycles. The summed E-state index contributed by atoms with van der Waals surface area (Å²) in [7, 11) is 0. The van der Waals surface area contributed by atoms with E-state index in [2.05, 4.69) is 25.3 Å². The van der Waals surface area contributed by atoms with Crippen LogP contribution in [0.2, 0.25) is 0 Å². The highest BCUT2D eigenvalue weighted by Gasteiger charge is 2.18. The lowest BCUT2D eigenvalue weighted by Gasteiger charge is -2.16. The molecule has 3 aromatic rings. The van der Waals surface area contributed by atoms with E-state index in [0.29, 0.717) is 11.6 Å². The van der Waals surface area contributed by atoms with Crippen molar-refractivity contribution < 1.29 is 13.7 Å². The second-order valence-corrected chi connectivity index (χ2v) is 5.78. The Labute approximate surface area is 143 Å². The molecule has 1 fully saturated rings. The fourth-order valence-electron chi connectivity index (χ4n) is 2.77. The quantitative estimate of drug-likeness (QED) is 0.761. The van der Waals surface area contributed by atoms with Gasteiger partial charge in [0, 0.05) is 24.8 Å². The molecule has 1 aliphatic heterocycles. The monoisotopic (exact) mass is 339 g/mol. The highest BCUT2D eigenvalue weighted by molar-refractivity contribution is 5.89. The lowest BCUT2D eigenvalue weighted by atomic mass is 10.2. The van der Waals surface area contributed by atoms with Crippen molar-refractivity contribution in [3.05, 3.63) is 48.4 Å². The SMILES string of the molecule is O=C(NCc1ccco1)c1nc(-c2ccnc(N3CCCC3)c2)no1. The summed E-state index contributed by atoms with van der Waals surface area (Å²) < 4.78 is 10.2. The van der Waals surface area contributed by atoms with Gasteiger partial charge in [-0.3, -0.25) is 4.79 Å². The zero-order valence-corrected chi connectivity index (χ0v) is 13.5. The van der Waals surface area contributed by atoms with Crippen LogP contribution in [0, 0.1) is 0 Å². The van der Waals surface area contributed by atoms with E-state index in [1.165, 1.54) is 12.8 Å². The first kappa shape index (κ1) is 15.4. The molecule has 0 spiro atoms. The summed E-state index contributed by atoms with van der Waals surface area (Å²) >= 11 is 0. The van der Waals surface area contributed by atoms with Crippen LogP contribution in [0.3, 0.4) is 0 Å². The van der Waals surface area contributed by atoms with E-state index in [4.69, 9.17) is 8.94 Å².